The SMILES string of the molecule is CC(=O)N1CCCN(c2ccc(Cl)cc2C#N)CC1. The molecule has 0 radical (unpaired) electrons. The first kappa shape index (κ1) is 13.7. The number of anilines is 1. The second-order valence-electron chi connectivity index (χ2n) is 4.62. The van der Waals surface area contributed by atoms with Crippen molar-refractivity contribution < 1.29 is 4.79 Å². The third-order valence-corrected chi connectivity index (χ3v) is 3.60. The largest absolute Gasteiger partial charge is 0.369 e. The molecule has 1 aliphatic rings. The van der Waals surface area contributed by atoms with Crippen LogP contribution in [0.4, 0.5) is 5.69 Å². The maximum Gasteiger partial charge on any atom is 0.219 e. The molecule has 0 spiro atoms. The minimum absolute atomic E-state index is 0.110. The third-order valence-electron chi connectivity index (χ3n) is 3.36. The Hall–Kier alpha value is -1.73. The summed E-state index contributed by atoms with van der Waals surface area (Å²) in [6.07, 6.45) is 0.910. The second-order valence-corrected chi connectivity index (χ2v) is 5.06. The van der Waals surface area contributed by atoms with Crippen molar-refractivity contribution in [1.82, 2.24) is 4.90 Å². The maximum atomic E-state index is 11.4. The molecule has 19 heavy (non-hydrogen) atoms. The van der Waals surface area contributed by atoms with Crippen LogP contribution >= 0.6 is 11.6 Å². The first-order valence-corrected chi connectivity index (χ1v) is 6.69. The Bertz CT molecular complexity index is 524. The summed E-state index contributed by atoms with van der Waals surface area (Å²) in [6.45, 7) is 4.67. The number of carbonyl (C=O) groups is 1. The van der Waals surface area contributed by atoms with E-state index in [1.807, 2.05) is 11.0 Å². The van der Waals surface area contributed by atoms with Gasteiger partial charge in [0.2, 0.25) is 5.91 Å². The van der Waals surface area contributed by atoms with Gasteiger partial charge in [0.25, 0.3) is 0 Å². The summed E-state index contributed by atoms with van der Waals surface area (Å²) in [5.74, 6) is 0.110. The quantitative estimate of drug-likeness (QED) is 0.791. The molecule has 1 saturated heterocycles. The average molecular weight is 278 g/mol. The van der Waals surface area contributed by atoms with E-state index in [0.717, 1.165) is 31.7 Å². The molecule has 0 bridgehead atoms. The highest BCUT2D eigenvalue weighted by Gasteiger charge is 2.18. The Kier molecular flexibility index (Phi) is 4.28. The number of rotatable bonds is 1. The predicted molar refractivity (Wildman–Crippen MR) is 75.3 cm³/mol. The van der Waals surface area contributed by atoms with E-state index in [9.17, 15) is 10.1 Å². The molecule has 0 saturated carbocycles. The highest BCUT2D eigenvalue weighted by molar-refractivity contribution is 6.30. The monoisotopic (exact) mass is 277 g/mol. The predicted octanol–water partition coefficient (Wildman–Crippen LogP) is 2.27. The van der Waals surface area contributed by atoms with Gasteiger partial charge in [-0.2, -0.15) is 5.26 Å². The second kappa shape index (κ2) is 5.94. The van der Waals surface area contributed by atoms with E-state index in [0.29, 0.717) is 17.1 Å². The van der Waals surface area contributed by atoms with Gasteiger partial charge in [0.15, 0.2) is 0 Å². The van der Waals surface area contributed by atoms with Gasteiger partial charge < -0.3 is 9.80 Å². The van der Waals surface area contributed by atoms with E-state index in [1.165, 1.54) is 0 Å². The third kappa shape index (κ3) is 3.18. The highest BCUT2D eigenvalue weighted by atomic mass is 35.5. The molecular formula is C14H16ClN3O. The molecule has 0 aliphatic carbocycles. The Morgan fingerprint density at radius 3 is 2.79 bits per heavy atom. The summed E-state index contributed by atoms with van der Waals surface area (Å²) < 4.78 is 0. The summed E-state index contributed by atoms with van der Waals surface area (Å²) in [7, 11) is 0. The number of nitriles is 1. The molecule has 2 rings (SSSR count). The summed E-state index contributed by atoms with van der Waals surface area (Å²) in [4.78, 5) is 15.4. The molecule has 1 aliphatic heterocycles. The Labute approximate surface area is 118 Å². The van der Waals surface area contributed by atoms with E-state index in [1.54, 1.807) is 19.1 Å². The van der Waals surface area contributed by atoms with Gasteiger partial charge in [-0.05, 0) is 24.6 Å². The van der Waals surface area contributed by atoms with E-state index in [2.05, 4.69) is 11.0 Å². The van der Waals surface area contributed by atoms with Crippen LogP contribution in [0.25, 0.3) is 0 Å². The van der Waals surface area contributed by atoms with Crippen LogP contribution in [0.3, 0.4) is 0 Å². The molecule has 0 aromatic heterocycles. The van der Waals surface area contributed by atoms with Gasteiger partial charge in [-0.1, -0.05) is 11.6 Å². The number of benzene rings is 1. The first-order valence-electron chi connectivity index (χ1n) is 6.32. The molecule has 0 atom stereocenters. The molecule has 4 nitrogen and oxygen atoms in total. The number of hydrogen-bond donors (Lipinski definition) is 0. The van der Waals surface area contributed by atoms with E-state index < -0.39 is 0 Å². The summed E-state index contributed by atoms with van der Waals surface area (Å²) >= 11 is 5.91. The van der Waals surface area contributed by atoms with Crippen molar-refractivity contribution in [2.75, 3.05) is 31.1 Å². The minimum Gasteiger partial charge on any atom is -0.369 e. The zero-order chi connectivity index (χ0) is 13.8. The molecule has 0 N–H and O–H groups in total. The fourth-order valence-corrected chi connectivity index (χ4v) is 2.52. The van der Waals surface area contributed by atoms with Crippen molar-refractivity contribution in [1.29, 1.82) is 5.26 Å². The summed E-state index contributed by atoms with van der Waals surface area (Å²) in [5, 5.41) is 9.75. The lowest BCUT2D eigenvalue weighted by molar-refractivity contribution is -0.128. The molecular weight excluding hydrogens is 262 g/mol. The molecule has 5 heteroatoms. The molecule has 100 valence electrons. The van der Waals surface area contributed by atoms with E-state index in [4.69, 9.17) is 11.6 Å². The molecule has 1 amide bonds. The van der Waals surface area contributed by atoms with Crippen LogP contribution in [0.15, 0.2) is 18.2 Å². The first-order chi connectivity index (χ1) is 9.11. The van der Waals surface area contributed by atoms with Crippen molar-refractivity contribution in [3.05, 3.63) is 28.8 Å². The van der Waals surface area contributed by atoms with Gasteiger partial charge in [-0.25, -0.2) is 0 Å². The van der Waals surface area contributed by atoms with Crippen LogP contribution in [0.1, 0.15) is 18.9 Å². The van der Waals surface area contributed by atoms with Crippen molar-refractivity contribution >= 4 is 23.2 Å². The minimum atomic E-state index is 0.110. The Balaban J connectivity index is 2.19. The summed E-state index contributed by atoms with van der Waals surface area (Å²) in [6, 6.07) is 7.54. The number of halogens is 1. The zero-order valence-corrected chi connectivity index (χ0v) is 11.7. The van der Waals surface area contributed by atoms with Crippen LogP contribution in [-0.2, 0) is 4.79 Å². The van der Waals surface area contributed by atoms with Crippen molar-refractivity contribution in [2.45, 2.75) is 13.3 Å². The van der Waals surface area contributed by atoms with Gasteiger partial charge in [0.05, 0.1) is 11.3 Å². The number of hydrogen-bond acceptors (Lipinski definition) is 3. The normalized spacial score (nSPS) is 15.8. The fourth-order valence-electron chi connectivity index (χ4n) is 2.35. The van der Waals surface area contributed by atoms with Crippen molar-refractivity contribution in [3.8, 4) is 6.07 Å². The smallest absolute Gasteiger partial charge is 0.219 e. The molecule has 1 fully saturated rings. The molecule has 1 aromatic rings. The topological polar surface area (TPSA) is 47.3 Å². The van der Waals surface area contributed by atoms with Crippen LogP contribution in [0.2, 0.25) is 5.02 Å². The lowest BCUT2D eigenvalue weighted by atomic mass is 10.1. The van der Waals surface area contributed by atoms with Gasteiger partial charge in [-0.15, -0.1) is 0 Å². The van der Waals surface area contributed by atoms with Crippen LogP contribution in [-0.4, -0.2) is 37.0 Å². The molecule has 0 unspecified atom stereocenters. The van der Waals surface area contributed by atoms with Crippen LogP contribution < -0.4 is 4.90 Å². The molecule has 1 aromatic carbocycles. The zero-order valence-electron chi connectivity index (χ0n) is 10.9. The molecule has 1 heterocycles. The van der Waals surface area contributed by atoms with Gasteiger partial charge in [0.1, 0.15) is 6.07 Å². The fraction of sp³-hybridized carbons (Fsp3) is 0.429. The van der Waals surface area contributed by atoms with Gasteiger partial charge >= 0.3 is 0 Å². The lowest BCUT2D eigenvalue weighted by Gasteiger charge is -2.24. The van der Waals surface area contributed by atoms with Crippen LogP contribution in [0, 0.1) is 11.3 Å². The summed E-state index contributed by atoms with van der Waals surface area (Å²) in [5.41, 5.74) is 1.49. The highest BCUT2D eigenvalue weighted by Crippen LogP contribution is 2.24. The van der Waals surface area contributed by atoms with Gasteiger partial charge in [0, 0.05) is 38.1 Å². The number of nitrogens with zero attached hydrogens (tertiary/aromatic N) is 3. The number of amides is 1. The average Bonchev–Trinajstić information content (AvgIpc) is 2.64. The van der Waals surface area contributed by atoms with E-state index in [-0.39, 0.29) is 5.91 Å². The number of carbonyl (C=O) groups excluding carboxylic acids is 1. The van der Waals surface area contributed by atoms with E-state index >= 15 is 0 Å². The van der Waals surface area contributed by atoms with Crippen molar-refractivity contribution in [3.63, 3.8) is 0 Å². The Morgan fingerprint density at radius 2 is 2.11 bits per heavy atom. The van der Waals surface area contributed by atoms with Crippen molar-refractivity contribution in [2.24, 2.45) is 0 Å². The maximum absolute atomic E-state index is 11.4. The standard InChI is InChI=1S/C14H16ClN3O/c1-11(19)17-5-2-6-18(8-7-17)14-4-3-13(15)9-12(14)10-16/h3-4,9H,2,5-8H2,1H3. The lowest BCUT2D eigenvalue weighted by Crippen LogP contribution is -2.33. The Morgan fingerprint density at radius 1 is 1.32 bits per heavy atom. The van der Waals surface area contributed by atoms with Gasteiger partial charge in [-0.3, -0.25) is 4.79 Å². The van der Waals surface area contributed by atoms with Crippen LogP contribution in [0.5, 0.6) is 0 Å².